The number of aromatic nitrogens is 2. The first-order valence-corrected chi connectivity index (χ1v) is 6.24. The smallest absolute Gasteiger partial charge is 0.351 e. The average Bonchev–Trinajstić information content (AvgIpc) is 2.81. The lowest BCUT2D eigenvalue weighted by atomic mass is 10.2. The molecule has 0 saturated carbocycles. The second-order valence-electron chi connectivity index (χ2n) is 3.24. The number of aromatic amines is 1. The molecule has 2 aromatic rings. The molecule has 19 heavy (non-hydrogen) atoms. The van der Waals surface area contributed by atoms with E-state index in [1.807, 2.05) is 36.5 Å². The largest absolute Gasteiger partial charge is 0.522 e. The number of alkyl halides is 3. The molecular weight excluding hydrogens is 285 g/mol. The monoisotopic (exact) mass is 294 g/mol. The lowest BCUT2D eigenvalue weighted by Gasteiger charge is -1.97. The van der Waals surface area contributed by atoms with Crippen molar-refractivity contribution in [1.82, 2.24) is 9.97 Å². The molecule has 0 saturated heterocycles. The Morgan fingerprint density at radius 3 is 2.05 bits per heavy atom. The Hall–Kier alpha value is -1.87. The van der Waals surface area contributed by atoms with Crippen molar-refractivity contribution in [2.24, 2.45) is 0 Å². The first-order valence-electron chi connectivity index (χ1n) is 4.80. The van der Waals surface area contributed by atoms with Gasteiger partial charge in [0.2, 0.25) is 0 Å². The van der Waals surface area contributed by atoms with Crippen LogP contribution in [0.5, 0.6) is 0 Å². The van der Waals surface area contributed by atoms with Gasteiger partial charge in [-0.25, -0.2) is 4.98 Å². The SMILES string of the molecule is O=S(=O)(O)C(F)(F)F.c1ccc(-c2c[nH]cn2)cc1. The number of rotatable bonds is 1. The Labute approximate surface area is 106 Å². The number of imidazole rings is 1. The summed E-state index contributed by atoms with van der Waals surface area (Å²) in [6, 6.07) is 10.1. The maximum Gasteiger partial charge on any atom is 0.522 e. The molecule has 1 aromatic carbocycles. The van der Waals surface area contributed by atoms with Crippen molar-refractivity contribution in [2.75, 3.05) is 0 Å². The van der Waals surface area contributed by atoms with Gasteiger partial charge in [-0.15, -0.1) is 0 Å². The minimum Gasteiger partial charge on any atom is -0.351 e. The van der Waals surface area contributed by atoms with Crippen LogP contribution in [0.25, 0.3) is 11.3 Å². The number of benzene rings is 1. The Morgan fingerprint density at radius 1 is 1.16 bits per heavy atom. The van der Waals surface area contributed by atoms with E-state index in [2.05, 4.69) is 9.97 Å². The van der Waals surface area contributed by atoms with Gasteiger partial charge < -0.3 is 4.98 Å². The van der Waals surface area contributed by atoms with Crippen molar-refractivity contribution in [2.45, 2.75) is 5.51 Å². The van der Waals surface area contributed by atoms with Gasteiger partial charge in [0.25, 0.3) is 0 Å². The lowest BCUT2D eigenvalue weighted by Crippen LogP contribution is -2.21. The zero-order valence-electron chi connectivity index (χ0n) is 9.29. The predicted octanol–water partition coefficient (Wildman–Crippen LogP) is 2.47. The van der Waals surface area contributed by atoms with E-state index < -0.39 is 15.6 Å². The summed E-state index contributed by atoms with van der Waals surface area (Å²) in [5, 5.41) is 0. The maximum absolute atomic E-state index is 10.7. The summed E-state index contributed by atoms with van der Waals surface area (Å²) in [7, 11) is -5.84. The molecule has 0 atom stereocenters. The van der Waals surface area contributed by atoms with Gasteiger partial charge in [-0.2, -0.15) is 21.6 Å². The zero-order chi connectivity index (χ0) is 14.5. The third-order valence-electron chi connectivity index (χ3n) is 1.86. The highest BCUT2D eigenvalue weighted by atomic mass is 32.2. The Morgan fingerprint density at radius 2 is 1.68 bits per heavy atom. The van der Waals surface area contributed by atoms with Crippen LogP contribution in [0, 0.1) is 0 Å². The molecule has 0 amide bonds. The Balaban J connectivity index is 0.000000203. The van der Waals surface area contributed by atoms with E-state index in [4.69, 9.17) is 13.0 Å². The van der Waals surface area contributed by atoms with E-state index in [-0.39, 0.29) is 0 Å². The molecule has 0 aliphatic rings. The van der Waals surface area contributed by atoms with Gasteiger partial charge in [0.1, 0.15) is 0 Å². The van der Waals surface area contributed by atoms with Crippen LogP contribution in [0.2, 0.25) is 0 Å². The fraction of sp³-hybridized carbons (Fsp3) is 0.100. The van der Waals surface area contributed by atoms with Gasteiger partial charge in [-0.05, 0) is 0 Å². The van der Waals surface area contributed by atoms with Crippen molar-refractivity contribution >= 4 is 10.1 Å². The molecule has 1 aromatic heterocycles. The van der Waals surface area contributed by atoms with Gasteiger partial charge in [-0.3, -0.25) is 4.55 Å². The number of H-pyrrole nitrogens is 1. The van der Waals surface area contributed by atoms with Crippen LogP contribution in [0.1, 0.15) is 0 Å². The van der Waals surface area contributed by atoms with Crippen LogP contribution in [0.4, 0.5) is 13.2 Å². The third-order valence-corrected chi connectivity index (χ3v) is 2.45. The number of halogens is 3. The van der Waals surface area contributed by atoms with Gasteiger partial charge in [-0.1, -0.05) is 30.3 Å². The molecule has 0 bridgehead atoms. The quantitative estimate of drug-likeness (QED) is 0.625. The summed E-state index contributed by atoms with van der Waals surface area (Å²) in [5.41, 5.74) is -3.40. The minimum atomic E-state index is -5.84. The molecule has 0 fully saturated rings. The molecule has 5 nitrogen and oxygen atoms in total. The van der Waals surface area contributed by atoms with Crippen LogP contribution >= 0.6 is 0 Å². The average molecular weight is 294 g/mol. The first kappa shape index (κ1) is 15.2. The van der Waals surface area contributed by atoms with Gasteiger partial charge in [0, 0.05) is 11.8 Å². The van der Waals surface area contributed by atoms with Crippen molar-refractivity contribution in [1.29, 1.82) is 0 Å². The van der Waals surface area contributed by atoms with Crippen molar-refractivity contribution in [3.05, 3.63) is 42.9 Å². The number of hydrogen-bond acceptors (Lipinski definition) is 3. The number of nitrogens with zero attached hydrogens (tertiary/aromatic N) is 1. The van der Waals surface area contributed by atoms with E-state index in [1.54, 1.807) is 6.33 Å². The van der Waals surface area contributed by atoms with E-state index >= 15 is 0 Å². The molecule has 1 heterocycles. The third kappa shape index (κ3) is 4.72. The maximum atomic E-state index is 10.7. The molecule has 0 radical (unpaired) electrons. The van der Waals surface area contributed by atoms with Crippen LogP contribution < -0.4 is 0 Å². The second kappa shape index (κ2) is 5.85. The van der Waals surface area contributed by atoms with Gasteiger partial charge >= 0.3 is 15.6 Å². The summed E-state index contributed by atoms with van der Waals surface area (Å²) in [5.74, 6) is 0. The summed E-state index contributed by atoms with van der Waals surface area (Å²) < 4.78 is 57.5. The summed E-state index contributed by atoms with van der Waals surface area (Å²) in [4.78, 5) is 7.05. The van der Waals surface area contributed by atoms with E-state index in [1.165, 1.54) is 0 Å². The zero-order valence-corrected chi connectivity index (χ0v) is 10.1. The molecule has 2 N–H and O–H groups in total. The molecule has 0 aliphatic carbocycles. The molecule has 0 aliphatic heterocycles. The van der Waals surface area contributed by atoms with Crippen LogP contribution in [0.15, 0.2) is 42.9 Å². The van der Waals surface area contributed by atoms with Crippen LogP contribution in [0.3, 0.4) is 0 Å². The number of hydrogen-bond donors (Lipinski definition) is 2. The fourth-order valence-electron chi connectivity index (χ4n) is 1.03. The molecule has 0 spiro atoms. The van der Waals surface area contributed by atoms with E-state index in [0.717, 1.165) is 11.3 Å². The van der Waals surface area contributed by atoms with Gasteiger partial charge in [0.15, 0.2) is 0 Å². The molecule has 0 unspecified atom stereocenters. The lowest BCUT2D eigenvalue weighted by molar-refractivity contribution is -0.0510. The molecule has 9 heteroatoms. The standard InChI is InChI=1S/C9H8N2.CHF3O3S/c1-2-4-8(5-3-1)9-6-10-7-11-9;2-1(3,4)8(5,6)7/h1-7H,(H,10,11);(H,5,6,7). The van der Waals surface area contributed by atoms with E-state index in [9.17, 15) is 13.2 Å². The summed E-state index contributed by atoms with van der Waals surface area (Å²) in [6.07, 6.45) is 3.57. The highest BCUT2D eigenvalue weighted by Gasteiger charge is 2.44. The second-order valence-corrected chi connectivity index (χ2v) is 4.65. The molecule has 2 rings (SSSR count). The fourth-order valence-corrected chi connectivity index (χ4v) is 1.03. The van der Waals surface area contributed by atoms with Gasteiger partial charge in [0.05, 0.1) is 12.0 Å². The highest BCUT2D eigenvalue weighted by molar-refractivity contribution is 7.86. The van der Waals surface area contributed by atoms with E-state index in [0.29, 0.717) is 0 Å². The van der Waals surface area contributed by atoms with Crippen LogP contribution in [-0.4, -0.2) is 28.4 Å². The molecular formula is C10H9F3N2O3S. The van der Waals surface area contributed by atoms with Crippen molar-refractivity contribution < 1.29 is 26.1 Å². The van der Waals surface area contributed by atoms with Crippen LogP contribution in [-0.2, 0) is 10.1 Å². The predicted molar refractivity (Wildman–Crippen MR) is 61.6 cm³/mol. The number of nitrogens with one attached hydrogen (secondary N) is 1. The summed E-state index contributed by atoms with van der Waals surface area (Å²) in [6.45, 7) is 0. The Kier molecular flexibility index (Phi) is 4.67. The first-order chi connectivity index (χ1) is 8.72. The normalized spacial score (nSPS) is 11.6. The topological polar surface area (TPSA) is 83.0 Å². The summed E-state index contributed by atoms with van der Waals surface area (Å²) >= 11 is 0. The minimum absolute atomic E-state index is 0.991. The highest BCUT2D eigenvalue weighted by Crippen LogP contribution is 2.20. The molecule has 104 valence electrons. The van der Waals surface area contributed by atoms with Crippen molar-refractivity contribution in [3.8, 4) is 11.3 Å². The Bertz CT molecular complexity index is 595. The van der Waals surface area contributed by atoms with Crippen molar-refractivity contribution in [3.63, 3.8) is 0 Å².